The van der Waals surface area contributed by atoms with Gasteiger partial charge in [-0.1, -0.05) is 26.7 Å². The molecule has 0 aliphatic heterocycles. The molecular formula is C10H21ClO. The zero-order valence-corrected chi connectivity index (χ0v) is 9.03. The second kappa shape index (κ2) is 6.73. The summed E-state index contributed by atoms with van der Waals surface area (Å²) < 4.78 is 0. The molecule has 2 heteroatoms. The molecule has 0 aromatic heterocycles. The van der Waals surface area contributed by atoms with E-state index in [1.165, 1.54) is 12.8 Å². The maximum Gasteiger partial charge on any atom is 0.0431 e. The monoisotopic (exact) mass is 192 g/mol. The number of unbranched alkanes of at least 4 members (excludes halogenated alkanes) is 2. The van der Waals surface area contributed by atoms with E-state index in [1.54, 1.807) is 0 Å². The topological polar surface area (TPSA) is 20.2 Å². The normalized spacial score (nSPS) is 12.0. The van der Waals surface area contributed by atoms with Gasteiger partial charge < -0.3 is 5.11 Å². The van der Waals surface area contributed by atoms with Crippen molar-refractivity contribution in [3.63, 3.8) is 0 Å². The summed E-state index contributed by atoms with van der Waals surface area (Å²) in [5.41, 5.74) is 0.386. The molecule has 0 aromatic carbocycles. The van der Waals surface area contributed by atoms with E-state index in [4.69, 9.17) is 16.7 Å². The van der Waals surface area contributed by atoms with Gasteiger partial charge in [-0.25, -0.2) is 0 Å². The molecule has 0 radical (unpaired) electrons. The standard InChI is InChI=1S/C10H21ClO/c1-10(2,7-8-11)6-4-3-5-9-12/h12H,3-9H2,1-2H3. The number of rotatable bonds is 7. The van der Waals surface area contributed by atoms with Crippen molar-refractivity contribution in [3.05, 3.63) is 0 Å². The molecule has 12 heavy (non-hydrogen) atoms. The Bertz CT molecular complexity index is 102. The number of alkyl halides is 1. The lowest BCUT2D eigenvalue weighted by Crippen LogP contribution is -2.11. The average molecular weight is 193 g/mol. The van der Waals surface area contributed by atoms with E-state index >= 15 is 0 Å². The van der Waals surface area contributed by atoms with Gasteiger partial charge in [-0.15, -0.1) is 11.6 Å². The third-order valence-corrected chi connectivity index (χ3v) is 2.47. The average Bonchev–Trinajstić information content (AvgIpc) is 1.98. The molecule has 1 nitrogen and oxygen atoms in total. The molecule has 0 amide bonds. The predicted octanol–water partition coefficient (Wildman–Crippen LogP) is 3.19. The highest BCUT2D eigenvalue weighted by molar-refractivity contribution is 6.17. The Hall–Kier alpha value is 0.250. The molecule has 0 aliphatic rings. The van der Waals surface area contributed by atoms with Gasteiger partial charge in [0.15, 0.2) is 0 Å². The van der Waals surface area contributed by atoms with E-state index in [0.29, 0.717) is 12.0 Å². The summed E-state index contributed by atoms with van der Waals surface area (Å²) in [4.78, 5) is 0. The molecule has 0 rings (SSSR count). The van der Waals surface area contributed by atoms with Crippen LogP contribution in [0.25, 0.3) is 0 Å². The zero-order valence-electron chi connectivity index (χ0n) is 8.27. The van der Waals surface area contributed by atoms with Crippen LogP contribution in [0.15, 0.2) is 0 Å². The maximum absolute atomic E-state index is 8.58. The van der Waals surface area contributed by atoms with Crippen molar-refractivity contribution in [3.8, 4) is 0 Å². The van der Waals surface area contributed by atoms with Crippen molar-refractivity contribution in [1.29, 1.82) is 0 Å². The third kappa shape index (κ3) is 6.93. The van der Waals surface area contributed by atoms with Crippen LogP contribution in [0.5, 0.6) is 0 Å². The van der Waals surface area contributed by atoms with Gasteiger partial charge >= 0.3 is 0 Å². The summed E-state index contributed by atoms with van der Waals surface area (Å²) in [5.74, 6) is 0.757. The molecule has 0 saturated heterocycles. The maximum atomic E-state index is 8.58. The van der Waals surface area contributed by atoms with Crippen LogP contribution in [0.3, 0.4) is 0 Å². The molecule has 0 saturated carbocycles. The van der Waals surface area contributed by atoms with Gasteiger partial charge in [-0.05, 0) is 24.7 Å². The predicted molar refractivity (Wildman–Crippen MR) is 54.7 cm³/mol. The van der Waals surface area contributed by atoms with Gasteiger partial charge in [-0.3, -0.25) is 0 Å². The molecule has 74 valence electrons. The van der Waals surface area contributed by atoms with E-state index in [2.05, 4.69) is 13.8 Å². The first-order chi connectivity index (χ1) is 5.62. The first kappa shape index (κ1) is 12.2. The SMILES string of the molecule is CC(C)(CCCl)CCCCCO. The van der Waals surface area contributed by atoms with Crippen LogP contribution in [0.4, 0.5) is 0 Å². The lowest BCUT2D eigenvalue weighted by atomic mass is 9.84. The van der Waals surface area contributed by atoms with Gasteiger partial charge in [0.2, 0.25) is 0 Å². The fourth-order valence-electron chi connectivity index (χ4n) is 1.27. The number of aliphatic hydroxyl groups excluding tert-OH is 1. The summed E-state index contributed by atoms with van der Waals surface area (Å²) >= 11 is 5.69. The molecular weight excluding hydrogens is 172 g/mol. The third-order valence-electron chi connectivity index (χ3n) is 2.28. The fraction of sp³-hybridized carbons (Fsp3) is 1.00. The van der Waals surface area contributed by atoms with Crippen molar-refractivity contribution in [2.75, 3.05) is 12.5 Å². The second-order valence-corrected chi connectivity index (χ2v) is 4.52. The van der Waals surface area contributed by atoms with Crippen LogP contribution >= 0.6 is 11.6 Å². The quantitative estimate of drug-likeness (QED) is 0.485. The Morgan fingerprint density at radius 1 is 1.08 bits per heavy atom. The number of hydrogen-bond donors (Lipinski definition) is 1. The Labute approximate surface area is 81.1 Å². The molecule has 0 aliphatic carbocycles. The molecule has 0 unspecified atom stereocenters. The first-order valence-corrected chi connectivity index (χ1v) is 5.33. The largest absolute Gasteiger partial charge is 0.396 e. The van der Waals surface area contributed by atoms with Crippen molar-refractivity contribution in [2.24, 2.45) is 5.41 Å². The molecule has 0 heterocycles. The molecule has 0 atom stereocenters. The zero-order chi connectivity index (χ0) is 9.45. The lowest BCUT2D eigenvalue weighted by Gasteiger charge is -2.23. The van der Waals surface area contributed by atoms with E-state index in [-0.39, 0.29) is 0 Å². The smallest absolute Gasteiger partial charge is 0.0431 e. The molecule has 0 fully saturated rings. The first-order valence-electron chi connectivity index (χ1n) is 4.79. The van der Waals surface area contributed by atoms with Crippen LogP contribution < -0.4 is 0 Å². The summed E-state index contributed by atoms with van der Waals surface area (Å²) in [5, 5.41) is 8.58. The van der Waals surface area contributed by atoms with Crippen LogP contribution in [0.2, 0.25) is 0 Å². The minimum absolute atomic E-state index is 0.329. The number of hydrogen-bond acceptors (Lipinski definition) is 1. The molecule has 0 spiro atoms. The van der Waals surface area contributed by atoms with Crippen LogP contribution in [-0.2, 0) is 0 Å². The van der Waals surface area contributed by atoms with Crippen molar-refractivity contribution in [1.82, 2.24) is 0 Å². The van der Waals surface area contributed by atoms with Crippen LogP contribution in [0, 0.1) is 5.41 Å². The van der Waals surface area contributed by atoms with Crippen LogP contribution in [-0.4, -0.2) is 17.6 Å². The summed E-state index contributed by atoms with van der Waals surface area (Å²) in [6.07, 6.45) is 5.61. The van der Waals surface area contributed by atoms with Crippen molar-refractivity contribution in [2.45, 2.75) is 46.0 Å². The Morgan fingerprint density at radius 3 is 2.25 bits per heavy atom. The summed E-state index contributed by atoms with van der Waals surface area (Å²) in [7, 11) is 0. The number of halogens is 1. The Morgan fingerprint density at radius 2 is 1.75 bits per heavy atom. The summed E-state index contributed by atoms with van der Waals surface area (Å²) in [6, 6.07) is 0. The minimum atomic E-state index is 0.329. The van der Waals surface area contributed by atoms with Gasteiger partial charge in [0.25, 0.3) is 0 Å². The van der Waals surface area contributed by atoms with E-state index in [9.17, 15) is 0 Å². The van der Waals surface area contributed by atoms with Gasteiger partial charge in [0, 0.05) is 12.5 Å². The van der Waals surface area contributed by atoms with Gasteiger partial charge in [-0.2, -0.15) is 0 Å². The summed E-state index contributed by atoms with van der Waals surface area (Å²) in [6.45, 7) is 4.85. The van der Waals surface area contributed by atoms with Gasteiger partial charge in [0.1, 0.15) is 0 Å². The van der Waals surface area contributed by atoms with E-state index in [0.717, 1.165) is 25.1 Å². The highest BCUT2D eigenvalue weighted by atomic mass is 35.5. The molecule has 0 aromatic rings. The minimum Gasteiger partial charge on any atom is -0.396 e. The number of aliphatic hydroxyl groups is 1. The van der Waals surface area contributed by atoms with Crippen molar-refractivity contribution >= 4 is 11.6 Å². The second-order valence-electron chi connectivity index (χ2n) is 4.14. The Kier molecular flexibility index (Phi) is 6.87. The van der Waals surface area contributed by atoms with E-state index < -0.39 is 0 Å². The lowest BCUT2D eigenvalue weighted by molar-refractivity contribution is 0.268. The van der Waals surface area contributed by atoms with E-state index in [1.807, 2.05) is 0 Å². The Balaban J connectivity index is 3.33. The highest BCUT2D eigenvalue weighted by Crippen LogP contribution is 2.27. The van der Waals surface area contributed by atoms with Crippen LogP contribution in [0.1, 0.15) is 46.0 Å². The fourth-order valence-corrected chi connectivity index (χ4v) is 1.78. The van der Waals surface area contributed by atoms with Crippen molar-refractivity contribution < 1.29 is 5.11 Å². The van der Waals surface area contributed by atoms with Gasteiger partial charge in [0.05, 0.1) is 0 Å². The molecule has 0 bridgehead atoms. The molecule has 1 N–H and O–H groups in total. The highest BCUT2D eigenvalue weighted by Gasteiger charge is 2.15.